The minimum absolute atomic E-state index is 0.0409. The lowest BCUT2D eigenvalue weighted by atomic mass is 9.90. The molecule has 0 radical (unpaired) electrons. The molecule has 3 rings (SSSR count). The summed E-state index contributed by atoms with van der Waals surface area (Å²) in [4.78, 5) is 25.1. The van der Waals surface area contributed by atoms with E-state index in [1.807, 2.05) is 11.8 Å². The first-order chi connectivity index (χ1) is 9.04. The molecule has 0 bridgehead atoms. The van der Waals surface area contributed by atoms with Crippen molar-refractivity contribution in [2.75, 3.05) is 18.1 Å². The summed E-state index contributed by atoms with van der Waals surface area (Å²) >= 11 is 3.15. The first-order valence-corrected chi connectivity index (χ1v) is 6.74. The van der Waals surface area contributed by atoms with Crippen LogP contribution < -0.4 is 9.64 Å². The summed E-state index contributed by atoms with van der Waals surface area (Å²) in [7, 11) is 0. The van der Waals surface area contributed by atoms with Crippen LogP contribution in [0.2, 0.25) is 0 Å². The molecule has 4 nitrogen and oxygen atoms in total. The maximum absolute atomic E-state index is 13.8. The molecule has 0 saturated heterocycles. The number of carbonyl (C=O) groups excluding carboxylic acids is 2. The van der Waals surface area contributed by atoms with Crippen LogP contribution in [-0.2, 0) is 4.79 Å². The highest BCUT2D eigenvalue weighted by Gasteiger charge is 2.40. The van der Waals surface area contributed by atoms with Crippen LogP contribution in [0.3, 0.4) is 0 Å². The van der Waals surface area contributed by atoms with Crippen molar-refractivity contribution < 1.29 is 18.7 Å². The Labute approximate surface area is 117 Å². The Morgan fingerprint density at radius 2 is 2.32 bits per heavy atom. The standard InChI is InChI=1S/C13H11BrFNO3/c1-6-5-19-13-10(14)9(15)2-8-11(13)16(6)3-7(4-17)12(8)18/h2,4,6-7H,3,5H2,1H3. The largest absolute Gasteiger partial charge is 0.488 e. The maximum atomic E-state index is 13.8. The van der Waals surface area contributed by atoms with Crippen molar-refractivity contribution in [1.82, 2.24) is 0 Å². The van der Waals surface area contributed by atoms with Gasteiger partial charge < -0.3 is 14.4 Å². The summed E-state index contributed by atoms with van der Waals surface area (Å²) in [5, 5.41) is 0. The smallest absolute Gasteiger partial charge is 0.177 e. The first-order valence-electron chi connectivity index (χ1n) is 5.95. The summed E-state index contributed by atoms with van der Waals surface area (Å²) in [6.45, 7) is 2.67. The number of rotatable bonds is 1. The Balaban J connectivity index is 2.28. The number of ketones is 1. The first kappa shape index (κ1) is 12.6. The van der Waals surface area contributed by atoms with Gasteiger partial charge in [-0.2, -0.15) is 0 Å². The zero-order valence-corrected chi connectivity index (χ0v) is 11.7. The molecule has 19 heavy (non-hydrogen) atoms. The van der Waals surface area contributed by atoms with E-state index >= 15 is 0 Å². The topological polar surface area (TPSA) is 46.6 Å². The molecule has 6 heteroatoms. The second kappa shape index (κ2) is 4.30. The zero-order valence-electron chi connectivity index (χ0n) is 10.2. The molecule has 0 N–H and O–H groups in total. The molecule has 0 spiro atoms. The van der Waals surface area contributed by atoms with Crippen LogP contribution in [0, 0.1) is 11.7 Å². The number of hydrogen-bond donors (Lipinski definition) is 0. The van der Waals surface area contributed by atoms with Crippen LogP contribution in [0.1, 0.15) is 17.3 Å². The van der Waals surface area contributed by atoms with Crippen LogP contribution in [0.25, 0.3) is 0 Å². The number of carbonyl (C=O) groups is 2. The van der Waals surface area contributed by atoms with Gasteiger partial charge in [-0.05, 0) is 28.9 Å². The van der Waals surface area contributed by atoms with E-state index in [0.29, 0.717) is 30.9 Å². The van der Waals surface area contributed by atoms with Crippen LogP contribution >= 0.6 is 15.9 Å². The van der Waals surface area contributed by atoms with E-state index in [1.165, 1.54) is 6.07 Å². The van der Waals surface area contributed by atoms with Gasteiger partial charge in [0, 0.05) is 12.1 Å². The van der Waals surface area contributed by atoms with Crippen LogP contribution in [-0.4, -0.2) is 31.3 Å². The number of ether oxygens (including phenoxy) is 1. The van der Waals surface area contributed by atoms with Crippen LogP contribution in [0.15, 0.2) is 10.5 Å². The molecule has 1 aromatic rings. The van der Waals surface area contributed by atoms with Gasteiger partial charge in [-0.25, -0.2) is 4.39 Å². The van der Waals surface area contributed by atoms with Crippen LogP contribution in [0.5, 0.6) is 5.75 Å². The average Bonchev–Trinajstić information content (AvgIpc) is 2.40. The second-order valence-corrected chi connectivity index (χ2v) is 5.61. The van der Waals surface area contributed by atoms with Crippen molar-refractivity contribution in [1.29, 1.82) is 0 Å². The minimum Gasteiger partial charge on any atom is -0.488 e. The lowest BCUT2D eigenvalue weighted by Gasteiger charge is -2.42. The fourth-order valence-corrected chi connectivity index (χ4v) is 3.00. The van der Waals surface area contributed by atoms with Gasteiger partial charge in [-0.1, -0.05) is 0 Å². The molecule has 100 valence electrons. The fourth-order valence-electron chi connectivity index (χ4n) is 2.58. The number of nitrogens with zero attached hydrogens (tertiary/aromatic N) is 1. The SMILES string of the molecule is CC1COc2c(Br)c(F)cc3c2N1CC(C=O)C3=O. The third-order valence-corrected chi connectivity index (χ3v) is 4.34. The van der Waals surface area contributed by atoms with Gasteiger partial charge in [0.25, 0.3) is 0 Å². The van der Waals surface area contributed by atoms with Gasteiger partial charge >= 0.3 is 0 Å². The molecule has 2 atom stereocenters. The summed E-state index contributed by atoms with van der Waals surface area (Å²) in [6, 6.07) is 1.22. The predicted molar refractivity (Wildman–Crippen MR) is 70.3 cm³/mol. The van der Waals surface area contributed by atoms with Crippen molar-refractivity contribution in [2.24, 2.45) is 5.92 Å². The third-order valence-electron chi connectivity index (χ3n) is 3.60. The predicted octanol–water partition coefficient (Wildman–Crippen LogP) is 2.19. The Kier molecular flexibility index (Phi) is 2.85. The van der Waals surface area contributed by atoms with Crippen LogP contribution in [0.4, 0.5) is 10.1 Å². The Hall–Kier alpha value is -1.43. The van der Waals surface area contributed by atoms with Gasteiger partial charge in [0.15, 0.2) is 11.5 Å². The number of Topliss-reactive ketones (excluding diaryl/α,β-unsaturated/α-hetero) is 1. The van der Waals surface area contributed by atoms with E-state index in [-0.39, 0.29) is 21.9 Å². The summed E-state index contributed by atoms with van der Waals surface area (Å²) in [5.74, 6) is -1.28. The van der Waals surface area contributed by atoms with Gasteiger partial charge in [-0.15, -0.1) is 0 Å². The molecule has 2 aliphatic rings. The van der Waals surface area contributed by atoms with Crippen molar-refractivity contribution >= 4 is 33.7 Å². The van der Waals surface area contributed by atoms with E-state index in [1.54, 1.807) is 0 Å². The maximum Gasteiger partial charge on any atom is 0.177 e. The van der Waals surface area contributed by atoms with Crippen molar-refractivity contribution in [3.8, 4) is 5.75 Å². The Morgan fingerprint density at radius 3 is 3.00 bits per heavy atom. The highest BCUT2D eigenvalue weighted by atomic mass is 79.9. The normalized spacial score (nSPS) is 24.8. The highest BCUT2D eigenvalue weighted by Crippen LogP contribution is 2.46. The highest BCUT2D eigenvalue weighted by molar-refractivity contribution is 9.10. The Morgan fingerprint density at radius 1 is 1.58 bits per heavy atom. The fraction of sp³-hybridized carbons (Fsp3) is 0.385. The number of aldehydes is 1. The second-order valence-electron chi connectivity index (χ2n) is 4.82. The van der Waals surface area contributed by atoms with E-state index in [4.69, 9.17) is 4.74 Å². The lowest BCUT2D eigenvalue weighted by Crippen LogP contribution is -2.49. The van der Waals surface area contributed by atoms with Gasteiger partial charge in [0.1, 0.15) is 18.7 Å². The zero-order chi connectivity index (χ0) is 13.7. The molecule has 2 unspecified atom stereocenters. The minimum atomic E-state index is -0.735. The van der Waals surface area contributed by atoms with E-state index < -0.39 is 11.7 Å². The molecule has 0 saturated carbocycles. The van der Waals surface area contributed by atoms with Crippen molar-refractivity contribution in [2.45, 2.75) is 13.0 Å². The summed E-state index contributed by atoms with van der Waals surface area (Å²) in [5.41, 5.74) is 0.820. The third kappa shape index (κ3) is 1.69. The van der Waals surface area contributed by atoms with Gasteiger partial charge in [0.2, 0.25) is 0 Å². The number of halogens is 2. The summed E-state index contributed by atoms with van der Waals surface area (Å²) < 4.78 is 19.6. The van der Waals surface area contributed by atoms with E-state index in [2.05, 4.69) is 15.9 Å². The van der Waals surface area contributed by atoms with E-state index in [9.17, 15) is 14.0 Å². The number of anilines is 1. The van der Waals surface area contributed by atoms with Gasteiger partial charge in [0.05, 0.1) is 22.1 Å². The van der Waals surface area contributed by atoms with E-state index in [0.717, 1.165) is 0 Å². The monoisotopic (exact) mass is 327 g/mol. The molecular formula is C13H11BrFNO3. The Bertz CT molecular complexity index is 590. The average molecular weight is 328 g/mol. The summed E-state index contributed by atoms with van der Waals surface area (Å²) in [6.07, 6.45) is 0.632. The molecule has 0 amide bonds. The lowest BCUT2D eigenvalue weighted by molar-refractivity contribution is -0.109. The molecule has 0 fully saturated rings. The quantitative estimate of drug-likeness (QED) is 0.586. The number of benzene rings is 1. The molecule has 0 aliphatic carbocycles. The van der Waals surface area contributed by atoms with Crippen molar-refractivity contribution in [3.63, 3.8) is 0 Å². The molecular weight excluding hydrogens is 317 g/mol. The molecule has 2 heterocycles. The molecule has 2 aliphatic heterocycles. The number of hydrogen-bond acceptors (Lipinski definition) is 4. The van der Waals surface area contributed by atoms with Crippen molar-refractivity contribution in [3.05, 3.63) is 21.9 Å². The van der Waals surface area contributed by atoms with Gasteiger partial charge in [-0.3, -0.25) is 4.79 Å². The molecule has 1 aromatic carbocycles. The molecule has 0 aromatic heterocycles.